The van der Waals surface area contributed by atoms with Crippen molar-refractivity contribution in [3.63, 3.8) is 0 Å². The van der Waals surface area contributed by atoms with Crippen molar-refractivity contribution in [2.45, 2.75) is 38.5 Å². The van der Waals surface area contributed by atoms with Crippen molar-refractivity contribution in [1.82, 2.24) is 0 Å². The van der Waals surface area contributed by atoms with Gasteiger partial charge in [-0.15, -0.1) is 0 Å². The van der Waals surface area contributed by atoms with Crippen molar-refractivity contribution in [3.05, 3.63) is 184 Å². The minimum atomic E-state index is -0.206. The molecule has 0 unspecified atom stereocenters. The Hall–Kier alpha value is -5.18. The van der Waals surface area contributed by atoms with E-state index in [2.05, 4.69) is 206 Å². The standard InChI is InChI=1S/C48H38BrN/c1-47(2)41-18-12-11-17-38(41)39-26-24-37(30-43(39)47)50(36-22-20-35(49)21-23-36)45-29-34(32-15-9-6-10-16-32)28-44-46(45)40-25-19-33(27-42(40)48(44,3)4)31-13-7-5-8-14-31/h5-30H,1-4H3. The highest BCUT2D eigenvalue weighted by molar-refractivity contribution is 9.10. The third kappa shape index (κ3) is 4.73. The van der Waals surface area contributed by atoms with Gasteiger partial charge in [-0.05, 0) is 116 Å². The van der Waals surface area contributed by atoms with Crippen molar-refractivity contribution >= 4 is 33.0 Å². The smallest absolute Gasteiger partial charge is 0.0549 e. The zero-order valence-electron chi connectivity index (χ0n) is 28.8. The van der Waals surface area contributed by atoms with Crippen molar-refractivity contribution < 1.29 is 0 Å². The molecule has 242 valence electrons. The van der Waals surface area contributed by atoms with Crippen LogP contribution in [0.4, 0.5) is 17.1 Å². The summed E-state index contributed by atoms with van der Waals surface area (Å²) in [6.45, 7) is 9.51. The molecule has 0 aliphatic heterocycles. The molecule has 0 bridgehead atoms. The van der Waals surface area contributed by atoms with Gasteiger partial charge in [-0.3, -0.25) is 0 Å². The quantitative estimate of drug-likeness (QED) is 0.172. The lowest BCUT2D eigenvalue weighted by atomic mass is 9.80. The van der Waals surface area contributed by atoms with Crippen LogP contribution in [0.15, 0.2) is 162 Å². The minimum absolute atomic E-state index is 0.108. The summed E-state index contributed by atoms with van der Waals surface area (Å²) in [5.41, 5.74) is 18.8. The SMILES string of the molecule is CC1(C)c2ccccc2-c2ccc(N(c3ccc(Br)cc3)c3cc(-c4ccccc4)cc4c3-c3ccc(-c5ccccc5)cc3C4(C)C)cc21. The average Bonchev–Trinajstić information content (AvgIpc) is 3.52. The Morgan fingerprint density at radius 3 is 1.66 bits per heavy atom. The van der Waals surface area contributed by atoms with E-state index in [9.17, 15) is 0 Å². The lowest BCUT2D eigenvalue weighted by molar-refractivity contribution is 0.660. The highest BCUT2D eigenvalue weighted by atomic mass is 79.9. The molecule has 2 aliphatic carbocycles. The molecule has 0 spiro atoms. The molecule has 0 heterocycles. The first-order chi connectivity index (χ1) is 24.2. The largest absolute Gasteiger partial charge is 0.310 e. The Morgan fingerprint density at radius 2 is 0.940 bits per heavy atom. The third-order valence-electron chi connectivity index (χ3n) is 11.1. The maximum atomic E-state index is 3.71. The maximum absolute atomic E-state index is 3.71. The third-order valence-corrected chi connectivity index (χ3v) is 11.6. The predicted molar refractivity (Wildman–Crippen MR) is 215 cm³/mol. The fourth-order valence-corrected chi connectivity index (χ4v) is 8.72. The first kappa shape index (κ1) is 30.8. The molecule has 7 aromatic carbocycles. The number of hydrogen-bond acceptors (Lipinski definition) is 1. The van der Waals surface area contributed by atoms with Crippen LogP contribution < -0.4 is 4.90 Å². The highest BCUT2D eigenvalue weighted by Crippen LogP contribution is 2.57. The second kappa shape index (κ2) is 11.4. The van der Waals surface area contributed by atoms with Gasteiger partial charge in [0.05, 0.1) is 5.69 Å². The summed E-state index contributed by atoms with van der Waals surface area (Å²) in [4.78, 5) is 2.49. The van der Waals surface area contributed by atoms with Crippen molar-refractivity contribution in [3.8, 4) is 44.5 Å². The van der Waals surface area contributed by atoms with Crippen LogP contribution >= 0.6 is 15.9 Å². The van der Waals surface area contributed by atoms with Crippen LogP contribution in [0.3, 0.4) is 0 Å². The summed E-state index contributed by atoms with van der Waals surface area (Å²) in [6.07, 6.45) is 0. The van der Waals surface area contributed by atoms with Crippen LogP contribution in [0.5, 0.6) is 0 Å². The fourth-order valence-electron chi connectivity index (χ4n) is 8.46. The molecular formula is C48H38BrN. The number of nitrogens with zero attached hydrogens (tertiary/aromatic N) is 1. The van der Waals surface area contributed by atoms with Gasteiger partial charge in [0.25, 0.3) is 0 Å². The number of anilines is 3. The van der Waals surface area contributed by atoms with Crippen LogP contribution in [0.2, 0.25) is 0 Å². The second-order valence-corrected chi connectivity index (χ2v) is 15.7. The number of benzene rings is 7. The summed E-state index contributed by atoms with van der Waals surface area (Å²) >= 11 is 3.71. The van der Waals surface area contributed by atoms with Gasteiger partial charge in [0.1, 0.15) is 0 Å². The summed E-state index contributed by atoms with van der Waals surface area (Å²) < 4.78 is 1.06. The lowest BCUT2D eigenvalue weighted by Crippen LogP contribution is -2.18. The van der Waals surface area contributed by atoms with Crippen LogP contribution in [0, 0.1) is 0 Å². The monoisotopic (exact) mass is 707 g/mol. The first-order valence-corrected chi connectivity index (χ1v) is 18.3. The Kier molecular flexibility index (Phi) is 7.06. The summed E-state index contributed by atoms with van der Waals surface area (Å²) in [5, 5.41) is 0. The zero-order chi connectivity index (χ0) is 34.2. The molecule has 0 radical (unpaired) electrons. The number of rotatable bonds is 5. The molecule has 1 nitrogen and oxygen atoms in total. The van der Waals surface area contributed by atoms with E-state index in [-0.39, 0.29) is 10.8 Å². The molecule has 7 aromatic rings. The van der Waals surface area contributed by atoms with Crippen LogP contribution in [0.25, 0.3) is 44.5 Å². The van der Waals surface area contributed by atoms with E-state index in [4.69, 9.17) is 0 Å². The minimum Gasteiger partial charge on any atom is -0.310 e. The Balaban J connectivity index is 1.33. The molecule has 50 heavy (non-hydrogen) atoms. The first-order valence-electron chi connectivity index (χ1n) is 17.5. The zero-order valence-corrected chi connectivity index (χ0v) is 30.4. The molecule has 0 fully saturated rings. The van der Waals surface area contributed by atoms with E-state index < -0.39 is 0 Å². The van der Waals surface area contributed by atoms with E-state index in [1.807, 2.05) is 0 Å². The molecule has 2 heteroatoms. The number of halogens is 1. The van der Waals surface area contributed by atoms with E-state index in [0.717, 1.165) is 15.8 Å². The predicted octanol–water partition coefficient (Wildman–Crippen LogP) is 13.9. The molecule has 0 aromatic heterocycles. The molecule has 2 aliphatic rings. The Labute approximate surface area is 304 Å². The van der Waals surface area contributed by atoms with Gasteiger partial charge in [-0.25, -0.2) is 0 Å². The molecular weight excluding hydrogens is 670 g/mol. The highest BCUT2D eigenvalue weighted by Gasteiger charge is 2.40. The molecule has 0 amide bonds. The lowest BCUT2D eigenvalue weighted by Gasteiger charge is -2.31. The van der Waals surface area contributed by atoms with Gasteiger partial charge < -0.3 is 4.90 Å². The fraction of sp³-hybridized carbons (Fsp3) is 0.125. The molecule has 0 atom stereocenters. The number of hydrogen-bond donors (Lipinski definition) is 0. The summed E-state index contributed by atoms with van der Waals surface area (Å²) in [7, 11) is 0. The molecule has 0 saturated carbocycles. The van der Waals surface area contributed by atoms with Gasteiger partial charge in [-0.1, -0.05) is 147 Å². The van der Waals surface area contributed by atoms with Gasteiger partial charge in [0.15, 0.2) is 0 Å². The Morgan fingerprint density at radius 1 is 0.400 bits per heavy atom. The second-order valence-electron chi connectivity index (χ2n) is 14.7. The normalized spacial score (nSPS) is 14.4. The van der Waals surface area contributed by atoms with E-state index in [1.54, 1.807) is 0 Å². The van der Waals surface area contributed by atoms with Gasteiger partial charge in [0, 0.05) is 32.2 Å². The van der Waals surface area contributed by atoms with E-state index in [0.29, 0.717) is 0 Å². The molecule has 0 N–H and O–H groups in total. The van der Waals surface area contributed by atoms with E-state index >= 15 is 0 Å². The molecule has 0 saturated heterocycles. The van der Waals surface area contributed by atoms with Crippen molar-refractivity contribution in [1.29, 1.82) is 0 Å². The Bertz CT molecular complexity index is 2420. The van der Waals surface area contributed by atoms with Gasteiger partial charge >= 0.3 is 0 Å². The van der Waals surface area contributed by atoms with Crippen molar-refractivity contribution in [2.75, 3.05) is 4.90 Å². The summed E-state index contributed by atoms with van der Waals surface area (Å²) in [6, 6.07) is 58.3. The van der Waals surface area contributed by atoms with Gasteiger partial charge in [-0.2, -0.15) is 0 Å². The van der Waals surface area contributed by atoms with Crippen LogP contribution in [-0.4, -0.2) is 0 Å². The van der Waals surface area contributed by atoms with Crippen LogP contribution in [-0.2, 0) is 10.8 Å². The van der Waals surface area contributed by atoms with E-state index in [1.165, 1.54) is 72.4 Å². The van der Waals surface area contributed by atoms with Crippen molar-refractivity contribution in [2.24, 2.45) is 0 Å². The van der Waals surface area contributed by atoms with Crippen LogP contribution in [0.1, 0.15) is 49.9 Å². The number of fused-ring (bicyclic) bond motifs is 6. The van der Waals surface area contributed by atoms with Gasteiger partial charge in [0.2, 0.25) is 0 Å². The summed E-state index contributed by atoms with van der Waals surface area (Å²) in [5.74, 6) is 0. The average molecular weight is 709 g/mol. The topological polar surface area (TPSA) is 3.24 Å². The molecule has 9 rings (SSSR count). The maximum Gasteiger partial charge on any atom is 0.0549 e.